The maximum absolute atomic E-state index is 12.1. The first kappa shape index (κ1) is 11.1. The summed E-state index contributed by atoms with van der Waals surface area (Å²) >= 11 is 0. The normalized spacial score (nSPS) is 14.4. The number of carbonyl (C=O) groups is 1. The van der Waals surface area contributed by atoms with Gasteiger partial charge in [0.2, 0.25) is 0 Å². The van der Waals surface area contributed by atoms with Gasteiger partial charge in [0, 0.05) is 25.3 Å². The van der Waals surface area contributed by atoms with Crippen LogP contribution in [0.2, 0.25) is 0 Å². The molecular formula is C13H17NO2. The second-order valence-electron chi connectivity index (χ2n) is 4.27. The molecule has 1 aromatic carbocycles. The van der Waals surface area contributed by atoms with E-state index in [9.17, 15) is 4.79 Å². The molecule has 0 saturated heterocycles. The molecule has 1 aliphatic rings. The van der Waals surface area contributed by atoms with Gasteiger partial charge in [0.1, 0.15) is 0 Å². The number of unbranched alkanes of at least 4 members (excludes halogenated alkanes) is 1. The van der Waals surface area contributed by atoms with Gasteiger partial charge in [-0.05, 0) is 30.9 Å². The number of nitrogens with zero attached hydrogens (tertiary/aromatic N) is 1. The Kier molecular flexibility index (Phi) is 3.25. The lowest BCUT2D eigenvalue weighted by molar-refractivity contribution is 0.0772. The molecule has 1 N–H and O–H groups in total. The fourth-order valence-corrected chi connectivity index (χ4v) is 2.20. The number of benzene rings is 1. The molecule has 3 heteroatoms. The number of amides is 1. The summed E-state index contributed by atoms with van der Waals surface area (Å²) < 4.78 is 0. The summed E-state index contributed by atoms with van der Waals surface area (Å²) in [5, 5.41) is 8.72. The Bertz CT molecular complexity index is 401. The van der Waals surface area contributed by atoms with Crippen LogP contribution >= 0.6 is 0 Å². The van der Waals surface area contributed by atoms with Gasteiger partial charge in [-0.25, -0.2) is 0 Å². The number of rotatable bonds is 4. The van der Waals surface area contributed by atoms with Crippen LogP contribution in [0.1, 0.15) is 34.3 Å². The number of hydrogen-bond acceptors (Lipinski definition) is 2. The lowest BCUT2D eigenvalue weighted by Crippen LogP contribution is -2.25. The van der Waals surface area contributed by atoms with Crippen molar-refractivity contribution < 1.29 is 9.90 Å². The second kappa shape index (κ2) is 4.66. The molecule has 0 aliphatic carbocycles. The van der Waals surface area contributed by atoms with Gasteiger partial charge < -0.3 is 10.0 Å². The second-order valence-corrected chi connectivity index (χ2v) is 4.27. The molecular weight excluding hydrogens is 202 g/mol. The quantitative estimate of drug-likeness (QED) is 0.783. The van der Waals surface area contributed by atoms with Crippen molar-refractivity contribution in [2.75, 3.05) is 13.2 Å². The van der Waals surface area contributed by atoms with Crippen LogP contribution in [0.4, 0.5) is 0 Å². The third kappa shape index (κ3) is 1.95. The predicted molar refractivity (Wildman–Crippen MR) is 62.2 cm³/mol. The summed E-state index contributed by atoms with van der Waals surface area (Å²) in [5.41, 5.74) is 3.08. The van der Waals surface area contributed by atoms with E-state index in [2.05, 4.69) is 0 Å². The van der Waals surface area contributed by atoms with Crippen molar-refractivity contribution in [3.8, 4) is 0 Å². The Balaban J connectivity index is 2.09. The summed E-state index contributed by atoms with van der Waals surface area (Å²) in [4.78, 5) is 13.9. The molecule has 0 radical (unpaired) electrons. The van der Waals surface area contributed by atoms with E-state index in [0.717, 1.165) is 42.6 Å². The van der Waals surface area contributed by atoms with E-state index in [4.69, 9.17) is 5.11 Å². The van der Waals surface area contributed by atoms with E-state index in [1.165, 1.54) is 0 Å². The molecule has 0 bridgehead atoms. The van der Waals surface area contributed by atoms with Crippen molar-refractivity contribution in [1.29, 1.82) is 0 Å². The Morgan fingerprint density at radius 2 is 2.19 bits per heavy atom. The van der Waals surface area contributed by atoms with Crippen molar-refractivity contribution in [1.82, 2.24) is 4.90 Å². The first-order chi connectivity index (χ1) is 7.74. The number of aliphatic hydroxyl groups excluding tert-OH is 1. The Hall–Kier alpha value is -1.35. The van der Waals surface area contributed by atoms with Crippen molar-refractivity contribution in [3.05, 3.63) is 34.9 Å². The van der Waals surface area contributed by atoms with Crippen molar-refractivity contribution in [2.24, 2.45) is 0 Å². The molecule has 0 atom stereocenters. The molecule has 0 fully saturated rings. The van der Waals surface area contributed by atoms with Gasteiger partial charge in [-0.2, -0.15) is 0 Å². The lowest BCUT2D eigenvalue weighted by Gasteiger charge is -2.14. The first-order valence-electron chi connectivity index (χ1n) is 5.72. The number of aryl methyl sites for hydroxylation is 1. The highest BCUT2D eigenvalue weighted by atomic mass is 16.3. The maximum Gasteiger partial charge on any atom is 0.254 e. The minimum Gasteiger partial charge on any atom is -0.396 e. The highest BCUT2D eigenvalue weighted by molar-refractivity contribution is 5.99. The zero-order valence-corrected chi connectivity index (χ0v) is 9.57. The molecule has 1 amide bonds. The van der Waals surface area contributed by atoms with Crippen molar-refractivity contribution >= 4 is 5.91 Å². The van der Waals surface area contributed by atoms with Gasteiger partial charge in [-0.15, -0.1) is 0 Å². The van der Waals surface area contributed by atoms with Crippen LogP contribution in [0.15, 0.2) is 18.2 Å². The summed E-state index contributed by atoms with van der Waals surface area (Å²) in [6.45, 7) is 3.65. The zero-order chi connectivity index (χ0) is 11.5. The highest BCUT2D eigenvalue weighted by Crippen LogP contribution is 2.25. The average Bonchev–Trinajstić information content (AvgIpc) is 2.58. The smallest absolute Gasteiger partial charge is 0.254 e. The van der Waals surface area contributed by atoms with E-state index < -0.39 is 0 Å². The van der Waals surface area contributed by atoms with Crippen LogP contribution in [0.3, 0.4) is 0 Å². The lowest BCUT2D eigenvalue weighted by atomic mass is 10.0. The molecule has 1 heterocycles. The van der Waals surface area contributed by atoms with E-state index in [1.54, 1.807) is 0 Å². The number of carbonyl (C=O) groups excluding carboxylic acids is 1. The van der Waals surface area contributed by atoms with Crippen molar-refractivity contribution in [3.63, 3.8) is 0 Å². The number of hydrogen-bond donors (Lipinski definition) is 1. The monoisotopic (exact) mass is 219 g/mol. The van der Waals surface area contributed by atoms with Crippen LogP contribution in [0.25, 0.3) is 0 Å². The largest absolute Gasteiger partial charge is 0.396 e. The maximum atomic E-state index is 12.1. The fraction of sp³-hybridized carbons (Fsp3) is 0.462. The summed E-state index contributed by atoms with van der Waals surface area (Å²) in [5.74, 6) is 0.144. The first-order valence-corrected chi connectivity index (χ1v) is 5.72. The zero-order valence-electron chi connectivity index (χ0n) is 9.57. The third-order valence-corrected chi connectivity index (χ3v) is 3.06. The molecule has 0 unspecified atom stereocenters. The van der Waals surface area contributed by atoms with E-state index >= 15 is 0 Å². The van der Waals surface area contributed by atoms with Crippen LogP contribution in [-0.2, 0) is 6.54 Å². The van der Waals surface area contributed by atoms with Crippen LogP contribution in [0, 0.1) is 6.92 Å². The van der Waals surface area contributed by atoms with Gasteiger partial charge in [0.05, 0.1) is 0 Å². The Labute approximate surface area is 95.7 Å². The highest BCUT2D eigenvalue weighted by Gasteiger charge is 2.27. The average molecular weight is 219 g/mol. The van der Waals surface area contributed by atoms with E-state index in [1.807, 2.05) is 30.0 Å². The molecule has 3 nitrogen and oxygen atoms in total. The van der Waals surface area contributed by atoms with Gasteiger partial charge in [-0.3, -0.25) is 4.79 Å². The molecule has 1 aliphatic heterocycles. The SMILES string of the molecule is Cc1cccc2c1C(=O)N(CCCCO)C2. The minimum absolute atomic E-state index is 0.144. The van der Waals surface area contributed by atoms with Gasteiger partial charge in [0.25, 0.3) is 5.91 Å². The molecule has 86 valence electrons. The van der Waals surface area contributed by atoms with E-state index in [0.29, 0.717) is 0 Å². The summed E-state index contributed by atoms with van der Waals surface area (Å²) in [6.07, 6.45) is 1.63. The van der Waals surface area contributed by atoms with Crippen molar-refractivity contribution in [2.45, 2.75) is 26.3 Å². The summed E-state index contributed by atoms with van der Waals surface area (Å²) in [6, 6.07) is 6.00. The van der Waals surface area contributed by atoms with E-state index in [-0.39, 0.29) is 12.5 Å². The Morgan fingerprint density at radius 3 is 2.88 bits per heavy atom. The van der Waals surface area contributed by atoms with Crippen LogP contribution in [-0.4, -0.2) is 29.1 Å². The third-order valence-electron chi connectivity index (χ3n) is 3.06. The van der Waals surface area contributed by atoms with Gasteiger partial charge >= 0.3 is 0 Å². The molecule has 0 spiro atoms. The topological polar surface area (TPSA) is 40.5 Å². The van der Waals surface area contributed by atoms with Crippen LogP contribution < -0.4 is 0 Å². The predicted octanol–water partition coefficient (Wildman–Crippen LogP) is 1.72. The molecule has 2 rings (SSSR count). The molecule has 0 aromatic heterocycles. The minimum atomic E-state index is 0.144. The number of fused-ring (bicyclic) bond motifs is 1. The molecule has 0 saturated carbocycles. The molecule has 16 heavy (non-hydrogen) atoms. The number of aliphatic hydroxyl groups is 1. The van der Waals surface area contributed by atoms with Crippen LogP contribution in [0.5, 0.6) is 0 Å². The standard InChI is InChI=1S/C13H17NO2/c1-10-5-4-6-11-9-14(7-2-3-8-15)13(16)12(10)11/h4-6,15H,2-3,7-9H2,1H3. The molecule has 1 aromatic rings. The Morgan fingerprint density at radius 1 is 1.38 bits per heavy atom. The van der Waals surface area contributed by atoms with Gasteiger partial charge in [-0.1, -0.05) is 18.2 Å². The van der Waals surface area contributed by atoms with Gasteiger partial charge in [0.15, 0.2) is 0 Å². The summed E-state index contributed by atoms with van der Waals surface area (Å²) in [7, 11) is 0. The fourth-order valence-electron chi connectivity index (χ4n) is 2.20.